The summed E-state index contributed by atoms with van der Waals surface area (Å²) >= 11 is 8.58. The predicted octanol–water partition coefficient (Wildman–Crippen LogP) is 5.84. The van der Waals surface area contributed by atoms with E-state index in [0.29, 0.717) is 45.3 Å². The zero-order chi connectivity index (χ0) is 35.9. The van der Waals surface area contributed by atoms with Crippen LogP contribution < -0.4 is 41.9 Å². The standard InChI is InChI=1S/C33H32I4N8O4/c34-21-9-17(29(38)39)1-5-25(21)46-13-33(14-47-26-6-2-18(30(40)41)10-22(26)35,15-48-27-7-3-19(31(42)43)11-23(27)36)16-49-28-8-4-20(32(44)45)12-24(28)37/h1-12H,13-16H2,(H3,38,39)(H3,40,41)(H3,42,43)(H3,44,45). The van der Waals surface area contributed by atoms with E-state index >= 15 is 0 Å². The number of benzene rings is 4. The van der Waals surface area contributed by atoms with E-state index in [1.54, 1.807) is 72.8 Å². The van der Waals surface area contributed by atoms with Crippen LogP contribution in [0.3, 0.4) is 0 Å². The molecule has 0 aliphatic heterocycles. The lowest BCUT2D eigenvalue weighted by Gasteiger charge is -2.33. The van der Waals surface area contributed by atoms with Crippen LogP contribution in [0.1, 0.15) is 22.3 Å². The van der Waals surface area contributed by atoms with Crippen LogP contribution in [0.2, 0.25) is 0 Å². The number of hydrogen-bond acceptors (Lipinski definition) is 8. The normalized spacial score (nSPS) is 12.0. The van der Waals surface area contributed by atoms with Gasteiger partial charge in [0.05, 0.1) is 14.3 Å². The van der Waals surface area contributed by atoms with Crippen molar-refractivity contribution in [3.63, 3.8) is 0 Å². The van der Waals surface area contributed by atoms with E-state index in [2.05, 4.69) is 90.4 Å². The van der Waals surface area contributed by atoms with Gasteiger partial charge >= 0.3 is 0 Å². The Morgan fingerprint density at radius 3 is 0.796 bits per heavy atom. The third-order valence-electron chi connectivity index (χ3n) is 7.11. The van der Waals surface area contributed by atoms with E-state index in [9.17, 15) is 0 Å². The zero-order valence-corrected chi connectivity index (χ0v) is 34.3. The number of halogens is 4. The number of nitrogen functional groups attached to an aromatic ring is 4. The van der Waals surface area contributed by atoms with Gasteiger partial charge in [-0.1, -0.05) is 0 Å². The second-order valence-electron chi connectivity index (χ2n) is 10.9. The van der Waals surface area contributed by atoms with E-state index < -0.39 is 5.41 Å². The van der Waals surface area contributed by atoms with Gasteiger partial charge < -0.3 is 41.9 Å². The van der Waals surface area contributed by atoms with E-state index in [1.165, 1.54) is 0 Å². The summed E-state index contributed by atoms with van der Waals surface area (Å²) in [5, 5.41) is 31.2. The van der Waals surface area contributed by atoms with Crippen LogP contribution in [0, 0.1) is 41.3 Å². The van der Waals surface area contributed by atoms with Gasteiger partial charge in [-0.2, -0.15) is 0 Å². The second-order valence-corrected chi connectivity index (χ2v) is 15.5. The zero-order valence-electron chi connectivity index (χ0n) is 25.7. The molecule has 0 atom stereocenters. The molecular weight excluding hydrogens is 1080 g/mol. The highest BCUT2D eigenvalue weighted by Gasteiger charge is 2.37. The van der Waals surface area contributed by atoms with Crippen molar-refractivity contribution in [1.82, 2.24) is 0 Å². The SMILES string of the molecule is N=C(N)c1ccc(OCC(COc2ccc(C(=N)N)cc2I)(COc2ccc(C(=N)N)cc2I)COc2ccc(C(=N)N)cc2I)c(I)c1. The smallest absolute Gasteiger partial charge is 0.132 e. The fourth-order valence-corrected chi connectivity index (χ4v) is 7.00. The largest absolute Gasteiger partial charge is 0.491 e. The van der Waals surface area contributed by atoms with Crippen molar-refractivity contribution in [3.05, 3.63) is 109 Å². The molecule has 0 saturated heterocycles. The van der Waals surface area contributed by atoms with Crippen LogP contribution in [0.5, 0.6) is 23.0 Å². The molecule has 256 valence electrons. The first kappa shape index (κ1) is 38.7. The number of rotatable bonds is 16. The molecule has 4 aromatic carbocycles. The first-order chi connectivity index (χ1) is 23.2. The lowest BCUT2D eigenvalue weighted by atomic mass is 9.92. The Hall–Kier alpha value is -3.12. The molecule has 0 aromatic heterocycles. The summed E-state index contributed by atoms with van der Waals surface area (Å²) in [6.07, 6.45) is 0. The van der Waals surface area contributed by atoms with E-state index in [0.717, 1.165) is 14.3 Å². The minimum absolute atomic E-state index is 0.0461. The molecule has 12 N–H and O–H groups in total. The Kier molecular flexibility index (Phi) is 13.6. The number of nitrogens with two attached hydrogens (primary N) is 4. The maximum absolute atomic E-state index is 7.80. The van der Waals surface area contributed by atoms with Gasteiger partial charge in [-0.25, -0.2) is 0 Å². The van der Waals surface area contributed by atoms with Crippen molar-refractivity contribution in [3.8, 4) is 23.0 Å². The van der Waals surface area contributed by atoms with E-state index in [1.807, 2.05) is 0 Å². The topological polar surface area (TPSA) is 236 Å². The van der Waals surface area contributed by atoms with Crippen molar-refractivity contribution < 1.29 is 18.9 Å². The van der Waals surface area contributed by atoms with Gasteiger partial charge in [0.2, 0.25) is 0 Å². The van der Waals surface area contributed by atoms with Crippen LogP contribution in [0.4, 0.5) is 0 Å². The summed E-state index contributed by atoms with van der Waals surface area (Å²) in [5.41, 5.74) is 24.2. The average molecular weight is 1110 g/mol. The van der Waals surface area contributed by atoms with Gasteiger partial charge in [0, 0.05) is 22.3 Å². The number of amidine groups is 4. The van der Waals surface area contributed by atoms with Gasteiger partial charge in [0.25, 0.3) is 0 Å². The van der Waals surface area contributed by atoms with Crippen molar-refractivity contribution in [2.24, 2.45) is 28.3 Å². The predicted molar refractivity (Wildman–Crippen MR) is 225 cm³/mol. The molecule has 4 rings (SSSR count). The number of ether oxygens (including phenoxy) is 4. The maximum Gasteiger partial charge on any atom is 0.132 e. The first-order valence-electron chi connectivity index (χ1n) is 14.2. The Bertz CT molecular complexity index is 1650. The Morgan fingerprint density at radius 2 is 0.633 bits per heavy atom. The highest BCUT2D eigenvalue weighted by molar-refractivity contribution is 14.1. The molecule has 0 unspecified atom stereocenters. The third kappa shape index (κ3) is 10.4. The molecule has 12 nitrogen and oxygen atoms in total. The molecule has 0 spiro atoms. The van der Waals surface area contributed by atoms with Crippen LogP contribution in [-0.4, -0.2) is 49.8 Å². The number of hydrogen-bond donors (Lipinski definition) is 8. The fraction of sp³-hybridized carbons (Fsp3) is 0.152. The van der Waals surface area contributed by atoms with Gasteiger partial charge in [0.1, 0.15) is 78.2 Å². The van der Waals surface area contributed by atoms with Crippen LogP contribution in [0.25, 0.3) is 0 Å². The summed E-state index contributed by atoms with van der Waals surface area (Å²) < 4.78 is 28.8. The van der Waals surface area contributed by atoms with Crippen LogP contribution in [0.15, 0.2) is 72.8 Å². The average Bonchev–Trinajstić information content (AvgIpc) is 3.05. The fourth-order valence-electron chi connectivity index (χ4n) is 4.32. The van der Waals surface area contributed by atoms with Gasteiger partial charge in [0.15, 0.2) is 0 Å². The van der Waals surface area contributed by atoms with Crippen molar-refractivity contribution in [2.45, 2.75) is 0 Å². The van der Waals surface area contributed by atoms with Crippen molar-refractivity contribution >= 4 is 114 Å². The molecule has 0 saturated carbocycles. The molecule has 0 amide bonds. The molecule has 4 aromatic rings. The van der Waals surface area contributed by atoms with Gasteiger partial charge in [-0.15, -0.1) is 0 Å². The van der Waals surface area contributed by atoms with E-state index in [-0.39, 0.29) is 49.8 Å². The van der Waals surface area contributed by atoms with Gasteiger partial charge in [-0.05, 0) is 163 Å². The monoisotopic (exact) mass is 1110 g/mol. The molecule has 0 aliphatic rings. The van der Waals surface area contributed by atoms with Crippen molar-refractivity contribution in [1.29, 1.82) is 21.6 Å². The Morgan fingerprint density at radius 1 is 0.429 bits per heavy atom. The highest BCUT2D eigenvalue weighted by atomic mass is 127. The number of nitrogens with one attached hydrogen (secondary N) is 4. The maximum atomic E-state index is 7.80. The second kappa shape index (κ2) is 17.2. The summed E-state index contributed by atoms with van der Waals surface area (Å²) in [4.78, 5) is 0. The highest BCUT2D eigenvalue weighted by Crippen LogP contribution is 2.32. The van der Waals surface area contributed by atoms with E-state index in [4.69, 9.17) is 63.5 Å². The minimum atomic E-state index is -0.935. The summed E-state index contributed by atoms with van der Waals surface area (Å²) in [5.74, 6) is 2.13. The summed E-state index contributed by atoms with van der Waals surface area (Å²) in [6, 6.07) is 21.1. The van der Waals surface area contributed by atoms with Crippen LogP contribution in [-0.2, 0) is 0 Å². The molecule has 0 aliphatic carbocycles. The summed E-state index contributed by atoms with van der Waals surface area (Å²) in [6.45, 7) is 0.368. The van der Waals surface area contributed by atoms with Gasteiger partial charge in [-0.3, -0.25) is 21.6 Å². The molecule has 49 heavy (non-hydrogen) atoms. The lowest BCUT2D eigenvalue weighted by molar-refractivity contribution is -0.00435. The quantitative estimate of drug-likeness (QED) is 0.0385. The molecule has 16 heteroatoms. The molecule has 0 fully saturated rings. The lowest BCUT2D eigenvalue weighted by Crippen LogP contribution is -2.45. The van der Waals surface area contributed by atoms with Crippen LogP contribution >= 0.6 is 90.4 Å². The molecule has 0 radical (unpaired) electrons. The summed E-state index contributed by atoms with van der Waals surface area (Å²) in [7, 11) is 0. The first-order valence-corrected chi connectivity index (χ1v) is 18.6. The Labute approximate surface area is 337 Å². The molecular formula is C33H32I4N8O4. The molecule has 0 bridgehead atoms. The Balaban J connectivity index is 1.73. The molecule has 0 heterocycles. The third-order valence-corrected chi connectivity index (χ3v) is 10.5. The minimum Gasteiger partial charge on any atom is -0.491 e. The van der Waals surface area contributed by atoms with Crippen molar-refractivity contribution in [2.75, 3.05) is 26.4 Å².